The Morgan fingerprint density at radius 1 is 1.18 bits per heavy atom. The number of nitrogens with zero attached hydrogens (tertiary/aromatic N) is 2. The second-order valence-corrected chi connectivity index (χ2v) is 7.11. The van der Waals surface area contributed by atoms with E-state index in [0.29, 0.717) is 13.0 Å². The van der Waals surface area contributed by atoms with Crippen molar-refractivity contribution in [2.24, 2.45) is 20.8 Å². The molecule has 0 saturated heterocycles. The van der Waals surface area contributed by atoms with Crippen molar-refractivity contribution in [1.29, 1.82) is 0 Å². The van der Waals surface area contributed by atoms with Crippen LogP contribution >= 0.6 is 0 Å². The third-order valence-corrected chi connectivity index (χ3v) is 3.73. The van der Waals surface area contributed by atoms with E-state index in [4.69, 9.17) is 10.2 Å². The summed E-state index contributed by atoms with van der Waals surface area (Å²) < 4.78 is 0. The SMILES string of the molecule is CC1(C)CC(N=C=O)CC(C)(CN=C=O)C1.CCCC(O)O. The highest BCUT2D eigenvalue weighted by molar-refractivity contribution is 5.34. The van der Waals surface area contributed by atoms with E-state index in [2.05, 4.69) is 30.8 Å². The largest absolute Gasteiger partial charge is 0.368 e. The van der Waals surface area contributed by atoms with Crippen LogP contribution in [0.25, 0.3) is 0 Å². The minimum atomic E-state index is -1.10. The number of aliphatic imine (C=N–C) groups is 2. The summed E-state index contributed by atoms with van der Waals surface area (Å²) in [6.45, 7) is 8.76. The van der Waals surface area contributed by atoms with Crippen LogP contribution in [0.1, 0.15) is 59.8 Å². The second-order valence-electron chi connectivity index (χ2n) is 7.11. The first kappa shape index (κ1) is 20.7. The summed E-state index contributed by atoms with van der Waals surface area (Å²) in [7, 11) is 0. The molecule has 0 aromatic rings. The maximum Gasteiger partial charge on any atom is 0.235 e. The van der Waals surface area contributed by atoms with Gasteiger partial charge in [0.15, 0.2) is 6.29 Å². The fourth-order valence-electron chi connectivity index (χ4n) is 3.35. The molecule has 0 aromatic carbocycles. The molecule has 0 spiro atoms. The van der Waals surface area contributed by atoms with Gasteiger partial charge in [-0.3, -0.25) is 0 Å². The van der Waals surface area contributed by atoms with Gasteiger partial charge in [0.25, 0.3) is 0 Å². The van der Waals surface area contributed by atoms with Crippen molar-refractivity contribution in [3.63, 3.8) is 0 Å². The minimum absolute atomic E-state index is 0.00750. The summed E-state index contributed by atoms with van der Waals surface area (Å²) in [5.74, 6) is 0. The summed E-state index contributed by atoms with van der Waals surface area (Å²) in [5, 5.41) is 16.2. The molecule has 0 radical (unpaired) electrons. The first-order chi connectivity index (χ1) is 10.2. The van der Waals surface area contributed by atoms with Crippen LogP contribution in [0.5, 0.6) is 0 Å². The second kappa shape index (κ2) is 9.65. The molecule has 0 aliphatic heterocycles. The molecule has 1 fully saturated rings. The maximum absolute atomic E-state index is 10.3. The van der Waals surface area contributed by atoms with Crippen LogP contribution in [-0.2, 0) is 9.59 Å². The highest BCUT2D eigenvalue weighted by Crippen LogP contribution is 2.47. The Morgan fingerprint density at radius 3 is 2.23 bits per heavy atom. The molecule has 1 rings (SSSR count). The number of hydrogen-bond donors (Lipinski definition) is 2. The van der Waals surface area contributed by atoms with Gasteiger partial charge in [-0.1, -0.05) is 34.1 Å². The summed E-state index contributed by atoms with van der Waals surface area (Å²) in [5.41, 5.74) is 0.0561. The quantitative estimate of drug-likeness (QED) is 0.462. The van der Waals surface area contributed by atoms with E-state index in [0.717, 1.165) is 25.7 Å². The van der Waals surface area contributed by atoms with E-state index in [1.807, 2.05) is 6.92 Å². The normalized spacial score (nSPS) is 26.2. The molecular weight excluding hydrogens is 284 g/mol. The van der Waals surface area contributed by atoms with Crippen molar-refractivity contribution < 1.29 is 19.8 Å². The van der Waals surface area contributed by atoms with Gasteiger partial charge in [-0.05, 0) is 36.5 Å². The Kier molecular flexibility index (Phi) is 9.07. The molecule has 0 heterocycles. The van der Waals surface area contributed by atoms with Gasteiger partial charge in [0, 0.05) is 0 Å². The maximum atomic E-state index is 10.3. The number of isocyanates is 2. The van der Waals surface area contributed by atoms with Crippen LogP contribution in [0.2, 0.25) is 0 Å². The van der Waals surface area contributed by atoms with E-state index in [9.17, 15) is 9.59 Å². The van der Waals surface area contributed by atoms with Gasteiger partial charge >= 0.3 is 0 Å². The molecule has 0 bridgehead atoms. The van der Waals surface area contributed by atoms with Gasteiger partial charge < -0.3 is 10.2 Å². The summed E-state index contributed by atoms with van der Waals surface area (Å²) in [6.07, 6.45) is 6.10. The van der Waals surface area contributed by atoms with E-state index in [1.54, 1.807) is 12.2 Å². The molecule has 6 heteroatoms. The summed E-state index contributed by atoms with van der Waals surface area (Å²) >= 11 is 0. The molecule has 0 amide bonds. The Labute approximate surface area is 132 Å². The van der Waals surface area contributed by atoms with E-state index in [-0.39, 0.29) is 16.9 Å². The number of carbonyl (C=O) groups excluding carboxylic acids is 2. The van der Waals surface area contributed by atoms with Gasteiger partial charge in [0.2, 0.25) is 12.2 Å². The number of hydrogen-bond acceptors (Lipinski definition) is 6. The van der Waals surface area contributed by atoms with Crippen molar-refractivity contribution in [1.82, 2.24) is 0 Å². The first-order valence-corrected chi connectivity index (χ1v) is 7.65. The average molecular weight is 312 g/mol. The molecule has 2 N–H and O–H groups in total. The summed E-state index contributed by atoms with van der Waals surface area (Å²) in [6, 6.07) is 0.00750. The van der Waals surface area contributed by atoms with Crippen molar-refractivity contribution in [3.05, 3.63) is 0 Å². The number of aliphatic hydroxyl groups excluding tert-OH is 1. The van der Waals surface area contributed by atoms with Gasteiger partial charge in [0.05, 0.1) is 12.6 Å². The van der Waals surface area contributed by atoms with E-state index >= 15 is 0 Å². The fraction of sp³-hybridized carbons (Fsp3) is 0.875. The number of aliphatic hydroxyl groups is 2. The zero-order valence-electron chi connectivity index (χ0n) is 14.0. The van der Waals surface area contributed by atoms with Crippen LogP contribution in [0.15, 0.2) is 9.98 Å². The lowest BCUT2D eigenvalue weighted by molar-refractivity contribution is -0.0453. The lowest BCUT2D eigenvalue weighted by atomic mass is 9.63. The standard InChI is InChI=1S/C12H18N2O2.C4H10O2/c1-11(2)4-10(14-9-16)5-12(3,6-11)7-13-8-15;1-2-3-4(5)6/h10H,4-7H2,1-3H3;4-6H,2-3H2,1H3. The lowest BCUT2D eigenvalue weighted by Crippen LogP contribution is -2.39. The molecule has 1 saturated carbocycles. The van der Waals surface area contributed by atoms with Crippen LogP contribution < -0.4 is 0 Å². The van der Waals surface area contributed by atoms with E-state index in [1.165, 1.54) is 0 Å². The molecule has 2 atom stereocenters. The van der Waals surface area contributed by atoms with Crippen molar-refractivity contribution in [2.75, 3.05) is 6.54 Å². The Morgan fingerprint density at radius 2 is 1.82 bits per heavy atom. The number of rotatable bonds is 5. The predicted octanol–water partition coefficient (Wildman–Crippen LogP) is 2.34. The Bertz CT molecular complexity index is 424. The smallest absolute Gasteiger partial charge is 0.235 e. The lowest BCUT2D eigenvalue weighted by Gasteiger charge is -2.44. The van der Waals surface area contributed by atoms with Crippen molar-refractivity contribution in [3.8, 4) is 0 Å². The van der Waals surface area contributed by atoms with Gasteiger partial charge in [-0.25, -0.2) is 19.6 Å². The van der Waals surface area contributed by atoms with Crippen LogP contribution in [0.4, 0.5) is 0 Å². The third-order valence-electron chi connectivity index (χ3n) is 3.73. The third kappa shape index (κ3) is 8.85. The molecule has 2 unspecified atom stereocenters. The zero-order chi connectivity index (χ0) is 17.2. The predicted molar refractivity (Wildman–Crippen MR) is 83.8 cm³/mol. The highest BCUT2D eigenvalue weighted by atomic mass is 16.5. The highest BCUT2D eigenvalue weighted by Gasteiger charge is 2.41. The van der Waals surface area contributed by atoms with Crippen molar-refractivity contribution in [2.45, 2.75) is 72.1 Å². The minimum Gasteiger partial charge on any atom is -0.368 e. The Balaban J connectivity index is 0.000000626. The van der Waals surface area contributed by atoms with Gasteiger partial charge in [0.1, 0.15) is 0 Å². The van der Waals surface area contributed by atoms with E-state index < -0.39 is 6.29 Å². The first-order valence-electron chi connectivity index (χ1n) is 7.65. The van der Waals surface area contributed by atoms with Crippen LogP contribution in [0, 0.1) is 10.8 Å². The molecule has 1 aliphatic carbocycles. The summed E-state index contributed by atoms with van der Waals surface area (Å²) in [4.78, 5) is 28.0. The zero-order valence-corrected chi connectivity index (χ0v) is 14.0. The topological polar surface area (TPSA) is 99.3 Å². The molecule has 22 heavy (non-hydrogen) atoms. The fourth-order valence-corrected chi connectivity index (χ4v) is 3.35. The van der Waals surface area contributed by atoms with Gasteiger partial charge in [-0.2, -0.15) is 0 Å². The van der Waals surface area contributed by atoms with Crippen LogP contribution in [-0.4, -0.2) is 41.2 Å². The molecule has 1 aliphatic rings. The van der Waals surface area contributed by atoms with Crippen LogP contribution in [0.3, 0.4) is 0 Å². The average Bonchev–Trinajstić information content (AvgIpc) is 2.35. The molecular formula is C16H28N2O4. The molecule has 126 valence electrons. The van der Waals surface area contributed by atoms with Gasteiger partial charge in [-0.15, -0.1) is 0 Å². The van der Waals surface area contributed by atoms with Crippen molar-refractivity contribution >= 4 is 12.2 Å². The monoisotopic (exact) mass is 312 g/mol. The molecule has 0 aromatic heterocycles. The Hall–Kier alpha value is -1.32. The molecule has 6 nitrogen and oxygen atoms in total.